The van der Waals surface area contributed by atoms with Crippen molar-refractivity contribution in [3.05, 3.63) is 69.1 Å². The molecule has 4 rings (SSSR count). The van der Waals surface area contributed by atoms with Crippen molar-refractivity contribution in [1.82, 2.24) is 15.0 Å². The molecule has 3 heterocycles. The van der Waals surface area contributed by atoms with Gasteiger partial charge in [0.2, 0.25) is 0 Å². The van der Waals surface area contributed by atoms with Gasteiger partial charge in [0.15, 0.2) is 0 Å². The molecule has 9 nitrogen and oxygen atoms in total. The number of aromatic amines is 3. The van der Waals surface area contributed by atoms with Gasteiger partial charge in [0.1, 0.15) is 17.1 Å². The molecule has 0 saturated carbocycles. The molecule has 3 aromatic rings. The fraction of sp³-hybridized carbons (Fsp3) is 0.375. The second kappa shape index (κ2) is 9.40. The molecule has 3 aromatic heterocycles. The van der Waals surface area contributed by atoms with Crippen LogP contribution >= 0.6 is 0 Å². The van der Waals surface area contributed by atoms with Crippen LogP contribution in [-0.2, 0) is 33.5 Å². The quantitative estimate of drug-likeness (QED) is 0.304. The van der Waals surface area contributed by atoms with Crippen LogP contribution in [0, 0.1) is 0 Å². The van der Waals surface area contributed by atoms with Crippen molar-refractivity contribution in [2.24, 2.45) is 0 Å². The molecule has 0 radical (unpaired) electrons. The van der Waals surface area contributed by atoms with Gasteiger partial charge in [0.25, 0.3) is 0 Å². The second-order valence-corrected chi connectivity index (χ2v) is 7.75. The molecule has 0 bridgehead atoms. The van der Waals surface area contributed by atoms with Crippen molar-refractivity contribution in [1.29, 1.82) is 0 Å². The number of aromatic nitrogens is 3. The van der Waals surface area contributed by atoms with E-state index < -0.39 is 17.9 Å². The van der Waals surface area contributed by atoms with Crippen LogP contribution < -0.4 is 0 Å². The van der Waals surface area contributed by atoms with Crippen LogP contribution in [0.1, 0.15) is 86.0 Å². The molecule has 0 fully saturated rings. The Morgan fingerprint density at radius 1 is 0.606 bits per heavy atom. The van der Waals surface area contributed by atoms with Gasteiger partial charge in [0, 0.05) is 36.3 Å². The first kappa shape index (κ1) is 22.4. The minimum Gasteiger partial charge on any atom is -0.461 e. The molecule has 9 heteroatoms. The first-order chi connectivity index (χ1) is 15.9. The highest BCUT2D eigenvalue weighted by atomic mass is 16.5. The van der Waals surface area contributed by atoms with Crippen molar-refractivity contribution in [3.63, 3.8) is 0 Å². The van der Waals surface area contributed by atoms with Gasteiger partial charge in [-0.05, 0) is 55.7 Å². The van der Waals surface area contributed by atoms with Gasteiger partial charge < -0.3 is 29.2 Å². The lowest BCUT2D eigenvalue weighted by Crippen LogP contribution is -2.05. The Hall–Kier alpha value is -3.75. The molecule has 0 unspecified atom stereocenters. The summed E-state index contributed by atoms with van der Waals surface area (Å²) in [5.41, 5.74) is 6.34. The number of H-pyrrole nitrogens is 3. The summed E-state index contributed by atoms with van der Waals surface area (Å²) in [6.45, 7) is 6.09. The number of ether oxygens (including phenoxy) is 3. The van der Waals surface area contributed by atoms with Gasteiger partial charge in [-0.2, -0.15) is 0 Å². The van der Waals surface area contributed by atoms with E-state index in [0.717, 1.165) is 33.8 Å². The van der Waals surface area contributed by atoms with Gasteiger partial charge >= 0.3 is 17.9 Å². The molecule has 0 aliphatic heterocycles. The molecule has 0 atom stereocenters. The van der Waals surface area contributed by atoms with E-state index in [1.807, 2.05) is 0 Å². The standard InChI is InChI=1S/C24H27N3O6/c1-4-31-22(28)19-10-13-7-17-15(12-21(26-17)24(30)33-6-3)9-18-14(8-16(13)25-19)11-20(27-18)23(29)32-5-2/h10-12,25-27H,4-9H2,1-3H3. The number of esters is 3. The maximum atomic E-state index is 12.3. The largest absolute Gasteiger partial charge is 0.461 e. The average Bonchev–Trinajstić information content (AvgIpc) is 3.47. The Bertz CT molecular complexity index is 993. The fourth-order valence-corrected chi connectivity index (χ4v) is 4.09. The van der Waals surface area contributed by atoms with Gasteiger partial charge in [-0.1, -0.05) is 0 Å². The molecular weight excluding hydrogens is 426 g/mol. The Morgan fingerprint density at radius 3 is 1.12 bits per heavy atom. The highest BCUT2D eigenvalue weighted by molar-refractivity contribution is 5.89. The molecule has 1 aliphatic rings. The Labute approximate surface area is 190 Å². The minimum atomic E-state index is -0.428. The summed E-state index contributed by atoms with van der Waals surface area (Å²) < 4.78 is 15.5. The summed E-state index contributed by atoms with van der Waals surface area (Å²) in [6.07, 6.45) is 1.49. The summed E-state index contributed by atoms with van der Waals surface area (Å²) in [5, 5.41) is 0. The normalized spacial score (nSPS) is 12.5. The van der Waals surface area contributed by atoms with Crippen LogP contribution in [0.2, 0.25) is 0 Å². The summed E-state index contributed by atoms with van der Waals surface area (Å²) in [7, 11) is 0. The van der Waals surface area contributed by atoms with Crippen molar-refractivity contribution in [3.8, 4) is 0 Å². The zero-order valence-corrected chi connectivity index (χ0v) is 18.9. The lowest BCUT2D eigenvalue weighted by molar-refractivity contribution is 0.0510. The number of rotatable bonds is 6. The Morgan fingerprint density at radius 2 is 0.879 bits per heavy atom. The van der Waals surface area contributed by atoms with E-state index in [2.05, 4.69) is 15.0 Å². The molecule has 33 heavy (non-hydrogen) atoms. The Balaban J connectivity index is 1.80. The third kappa shape index (κ3) is 4.57. The van der Waals surface area contributed by atoms with Crippen LogP contribution in [0.4, 0.5) is 0 Å². The van der Waals surface area contributed by atoms with Gasteiger partial charge in [-0.25, -0.2) is 14.4 Å². The van der Waals surface area contributed by atoms with Crippen LogP contribution in [0.5, 0.6) is 0 Å². The number of carbonyl (C=O) groups is 3. The van der Waals surface area contributed by atoms with Gasteiger partial charge in [0.05, 0.1) is 19.8 Å². The molecule has 0 spiro atoms. The summed E-state index contributed by atoms with van der Waals surface area (Å²) in [4.78, 5) is 46.6. The molecule has 0 amide bonds. The summed E-state index contributed by atoms with van der Waals surface area (Å²) >= 11 is 0. The lowest BCUT2D eigenvalue weighted by Gasteiger charge is -2.03. The first-order valence-corrected chi connectivity index (χ1v) is 11.1. The SMILES string of the molecule is CCOC(=O)c1cc2c([nH]1)Cc1cc(C(=O)OCC)[nH]c1Cc1cc(C(=O)OCC)[nH]c1C2. The van der Waals surface area contributed by atoms with Crippen LogP contribution in [0.25, 0.3) is 0 Å². The smallest absolute Gasteiger partial charge is 0.354 e. The maximum Gasteiger partial charge on any atom is 0.354 e. The van der Waals surface area contributed by atoms with E-state index >= 15 is 0 Å². The average molecular weight is 453 g/mol. The zero-order chi connectivity index (χ0) is 23.5. The number of fused-ring (bicyclic) bond motifs is 3. The molecule has 1 aliphatic carbocycles. The third-order valence-electron chi connectivity index (χ3n) is 5.56. The van der Waals surface area contributed by atoms with Crippen molar-refractivity contribution < 1.29 is 28.6 Å². The second-order valence-electron chi connectivity index (χ2n) is 7.75. The number of nitrogens with one attached hydrogen (secondary N) is 3. The van der Waals surface area contributed by atoms with E-state index in [-0.39, 0.29) is 19.8 Å². The van der Waals surface area contributed by atoms with E-state index in [0.29, 0.717) is 36.3 Å². The monoisotopic (exact) mass is 453 g/mol. The highest BCUT2D eigenvalue weighted by Gasteiger charge is 2.24. The number of hydrogen-bond donors (Lipinski definition) is 3. The van der Waals surface area contributed by atoms with E-state index in [4.69, 9.17) is 14.2 Å². The molecule has 3 N–H and O–H groups in total. The number of hydrogen-bond acceptors (Lipinski definition) is 6. The third-order valence-corrected chi connectivity index (χ3v) is 5.56. The lowest BCUT2D eigenvalue weighted by atomic mass is 10.1. The molecule has 174 valence electrons. The van der Waals surface area contributed by atoms with Crippen LogP contribution in [-0.4, -0.2) is 52.7 Å². The molecule has 0 saturated heterocycles. The van der Waals surface area contributed by atoms with E-state index in [9.17, 15) is 14.4 Å². The van der Waals surface area contributed by atoms with E-state index in [1.165, 1.54) is 0 Å². The van der Waals surface area contributed by atoms with Crippen LogP contribution in [0.3, 0.4) is 0 Å². The predicted molar refractivity (Wildman–Crippen MR) is 119 cm³/mol. The molecule has 0 aromatic carbocycles. The number of carbonyl (C=O) groups excluding carboxylic acids is 3. The van der Waals surface area contributed by atoms with E-state index in [1.54, 1.807) is 39.0 Å². The van der Waals surface area contributed by atoms with Crippen molar-refractivity contribution >= 4 is 17.9 Å². The summed E-state index contributed by atoms with van der Waals surface area (Å²) in [6, 6.07) is 5.35. The van der Waals surface area contributed by atoms with Gasteiger partial charge in [-0.15, -0.1) is 0 Å². The van der Waals surface area contributed by atoms with Crippen LogP contribution in [0.15, 0.2) is 18.2 Å². The van der Waals surface area contributed by atoms with Crippen molar-refractivity contribution in [2.75, 3.05) is 19.8 Å². The fourth-order valence-electron chi connectivity index (χ4n) is 4.09. The predicted octanol–water partition coefficient (Wildman–Crippen LogP) is 3.29. The molecular formula is C24H27N3O6. The first-order valence-electron chi connectivity index (χ1n) is 11.1. The topological polar surface area (TPSA) is 126 Å². The Kier molecular flexibility index (Phi) is 6.39. The highest BCUT2D eigenvalue weighted by Crippen LogP contribution is 2.29. The maximum absolute atomic E-state index is 12.3. The minimum absolute atomic E-state index is 0.275. The van der Waals surface area contributed by atoms with Gasteiger partial charge in [-0.3, -0.25) is 0 Å². The zero-order valence-electron chi connectivity index (χ0n) is 18.9. The van der Waals surface area contributed by atoms with Crippen molar-refractivity contribution in [2.45, 2.75) is 40.0 Å². The summed E-state index contributed by atoms with van der Waals surface area (Å²) in [5.74, 6) is -1.28.